The molecule has 4 rings (SSSR count). The Kier molecular flexibility index (Phi) is 7.33. The van der Waals surface area contributed by atoms with Crippen molar-refractivity contribution in [3.8, 4) is 5.75 Å². The Hall–Kier alpha value is -1.86. The molecule has 0 radical (unpaired) electrons. The number of ether oxygens (including phenoxy) is 1. The van der Waals surface area contributed by atoms with Gasteiger partial charge in [0.1, 0.15) is 12.0 Å². The van der Waals surface area contributed by atoms with E-state index in [-0.39, 0.29) is 0 Å². The van der Waals surface area contributed by atoms with Gasteiger partial charge in [0.05, 0.1) is 28.0 Å². The van der Waals surface area contributed by atoms with Gasteiger partial charge in [0.2, 0.25) is 0 Å². The Morgan fingerprint density at radius 3 is 2.68 bits per heavy atom. The molecule has 168 valence electrons. The van der Waals surface area contributed by atoms with Crippen molar-refractivity contribution in [3.05, 3.63) is 45.9 Å². The van der Waals surface area contributed by atoms with Crippen LogP contribution in [0.5, 0.6) is 5.75 Å². The van der Waals surface area contributed by atoms with E-state index < -0.39 is 6.23 Å². The predicted molar refractivity (Wildman–Crippen MR) is 129 cm³/mol. The second kappa shape index (κ2) is 10.2. The van der Waals surface area contributed by atoms with Crippen molar-refractivity contribution < 1.29 is 9.84 Å². The number of fused-ring (bicyclic) bond motifs is 1. The fraction of sp³-hybridized carbons (Fsp3) is 0.478. The van der Waals surface area contributed by atoms with Crippen LogP contribution in [0.25, 0.3) is 0 Å². The molecule has 0 saturated carbocycles. The maximum Gasteiger partial charge on any atom is 0.124 e. The quantitative estimate of drug-likeness (QED) is 0.420. The molecule has 0 bridgehead atoms. The third-order valence-corrected chi connectivity index (χ3v) is 6.92. The molecule has 2 aromatic carbocycles. The molecule has 0 amide bonds. The monoisotopic (exact) mass is 464 g/mol. The Bertz CT molecular complexity index is 903. The third kappa shape index (κ3) is 5.50. The number of piperazine rings is 1. The molecule has 1 unspecified atom stereocenters. The minimum absolute atomic E-state index is 0.437. The SMILES string of the molecule is Nc1ccc(N2CCN(CCCCOc3ccc4c(c3)NC(O)CC4)CC2)c(Cl)c1Cl. The van der Waals surface area contributed by atoms with Crippen LogP contribution in [-0.4, -0.2) is 55.6 Å². The maximum atomic E-state index is 9.76. The van der Waals surface area contributed by atoms with E-state index in [1.165, 1.54) is 5.56 Å². The molecule has 2 aliphatic rings. The smallest absolute Gasteiger partial charge is 0.124 e. The molecule has 0 aliphatic carbocycles. The van der Waals surface area contributed by atoms with Crippen LogP contribution in [-0.2, 0) is 6.42 Å². The fourth-order valence-electron chi connectivity index (χ4n) is 4.18. The molecule has 31 heavy (non-hydrogen) atoms. The zero-order valence-corrected chi connectivity index (χ0v) is 19.1. The average Bonchev–Trinajstić information content (AvgIpc) is 2.78. The van der Waals surface area contributed by atoms with Crippen molar-refractivity contribution >= 4 is 40.3 Å². The first-order chi connectivity index (χ1) is 15.0. The lowest BCUT2D eigenvalue weighted by atomic mass is 10.0. The molecule has 1 saturated heterocycles. The molecule has 4 N–H and O–H groups in total. The van der Waals surface area contributed by atoms with Crippen LogP contribution < -0.4 is 20.7 Å². The number of hydrogen-bond acceptors (Lipinski definition) is 6. The van der Waals surface area contributed by atoms with Crippen LogP contribution in [0.3, 0.4) is 0 Å². The van der Waals surface area contributed by atoms with Crippen molar-refractivity contribution in [2.75, 3.05) is 55.3 Å². The minimum atomic E-state index is -0.462. The van der Waals surface area contributed by atoms with E-state index in [1.807, 2.05) is 24.3 Å². The lowest BCUT2D eigenvalue weighted by molar-refractivity contribution is 0.189. The van der Waals surface area contributed by atoms with Crippen LogP contribution >= 0.6 is 23.2 Å². The van der Waals surface area contributed by atoms with Crippen molar-refractivity contribution in [2.45, 2.75) is 31.9 Å². The number of aliphatic hydroxyl groups is 1. The summed E-state index contributed by atoms with van der Waals surface area (Å²) in [5, 5.41) is 13.8. The summed E-state index contributed by atoms with van der Waals surface area (Å²) >= 11 is 12.6. The molecule has 0 spiro atoms. The number of nitrogens with zero attached hydrogens (tertiary/aromatic N) is 2. The van der Waals surface area contributed by atoms with E-state index in [4.69, 9.17) is 33.7 Å². The van der Waals surface area contributed by atoms with Crippen molar-refractivity contribution in [2.24, 2.45) is 0 Å². The van der Waals surface area contributed by atoms with Crippen LogP contribution in [0.4, 0.5) is 17.1 Å². The summed E-state index contributed by atoms with van der Waals surface area (Å²) in [6.45, 7) is 5.59. The van der Waals surface area contributed by atoms with Gasteiger partial charge >= 0.3 is 0 Å². The van der Waals surface area contributed by atoms with Gasteiger partial charge in [0.15, 0.2) is 0 Å². The number of rotatable bonds is 7. The molecule has 6 nitrogen and oxygen atoms in total. The summed E-state index contributed by atoms with van der Waals surface area (Å²) in [7, 11) is 0. The number of benzene rings is 2. The highest BCUT2D eigenvalue weighted by atomic mass is 35.5. The van der Waals surface area contributed by atoms with Gasteiger partial charge in [-0.1, -0.05) is 29.3 Å². The third-order valence-electron chi connectivity index (χ3n) is 6.03. The highest BCUT2D eigenvalue weighted by molar-refractivity contribution is 6.45. The number of halogens is 2. The summed E-state index contributed by atoms with van der Waals surface area (Å²) in [6.07, 6.45) is 3.29. The van der Waals surface area contributed by atoms with Gasteiger partial charge in [-0.05, 0) is 56.0 Å². The number of aryl methyl sites for hydroxylation is 1. The zero-order valence-electron chi connectivity index (χ0n) is 17.6. The molecule has 2 aliphatic heterocycles. The number of nitrogens with one attached hydrogen (secondary N) is 1. The highest BCUT2D eigenvalue weighted by Gasteiger charge is 2.20. The van der Waals surface area contributed by atoms with Gasteiger partial charge in [0.25, 0.3) is 0 Å². The fourth-order valence-corrected chi connectivity index (χ4v) is 4.63. The number of hydrogen-bond donors (Lipinski definition) is 3. The molecule has 1 fully saturated rings. The number of nitrogen functional groups attached to an aromatic ring is 1. The zero-order chi connectivity index (χ0) is 21.8. The summed E-state index contributed by atoms with van der Waals surface area (Å²) < 4.78 is 5.92. The number of unbranched alkanes of at least 4 members (excludes halogenated alkanes) is 1. The van der Waals surface area contributed by atoms with Gasteiger partial charge in [0, 0.05) is 37.9 Å². The Morgan fingerprint density at radius 1 is 1.06 bits per heavy atom. The Balaban J connectivity index is 1.16. The molecular formula is C23H30Cl2N4O2. The normalized spacial score (nSPS) is 19.1. The van der Waals surface area contributed by atoms with Crippen LogP contribution in [0.2, 0.25) is 10.0 Å². The van der Waals surface area contributed by atoms with E-state index in [2.05, 4.69) is 21.2 Å². The minimum Gasteiger partial charge on any atom is -0.494 e. The number of nitrogens with two attached hydrogens (primary N) is 1. The first-order valence-corrected chi connectivity index (χ1v) is 11.7. The van der Waals surface area contributed by atoms with Crippen molar-refractivity contribution in [3.63, 3.8) is 0 Å². The predicted octanol–water partition coefficient (Wildman–Crippen LogP) is 4.23. The summed E-state index contributed by atoms with van der Waals surface area (Å²) in [5.41, 5.74) is 9.52. The van der Waals surface area contributed by atoms with E-state index >= 15 is 0 Å². The van der Waals surface area contributed by atoms with Crippen LogP contribution in [0, 0.1) is 0 Å². The number of aliphatic hydroxyl groups excluding tert-OH is 1. The maximum absolute atomic E-state index is 9.76. The molecule has 8 heteroatoms. The van der Waals surface area contributed by atoms with E-state index in [0.29, 0.717) is 22.3 Å². The van der Waals surface area contributed by atoms with Gasteiger partial charge < -0.3 is 25.8 Å². The van der Waals surface area contributed by atoms with Gasteiger partial charge in [-0.25, -0.2) is 0 Å². The summed E-state index contributed by atoms with van der Waals surface area (Å²) in [6, 6.07) is 9.87. The van der Waals surface area contributed by atoms with Gasteiger partial charge in [-0.2, -0.15) is 0 Å². The molecule has 2 aromatic rings. The molecule has 1 atom stereocenters. The van der Waals surface area contributed by atoms with E-state index in [9.17, 15) is 5.11 Å². The lowest BCUT2D eigenvalue weighted by Crippen LogP contribution is -2.46. The Morgan fingerprint density at radius 2 is 1.87 bits per heavy atom. The average molecular weight is 465 g/mol. The summed E-state index contributed by atoms with van der Waals surface area (Å²) in [4.78, 5) is 4.75. The Labute approximate surface area is 193 Å². The standard InChI is InChI=1S/C23H30Cl2N4O2/c24-22-18(26)6-7-20(23(22)25)29-12-10-28(11-13-29)9-1-2-14-31-17-5-3-16-4-8-21(30)27-19(16)15-17/h3,5-7,15,21,27,30H,1-2,4,8-14,26H2. The molecular weight excluding hydrogens is 435 g/mol. The first kappa shape index (κ1) is 22.3. The highest BCUT2D eigenvalue weighted by Crippen LogP contribution is 2.37. The second-order valence-corrected chi connectivity index (χ2v) is 8.96. The van der Waals surface area contributed by atoms with Crippen LogP contribution in [0.1, 0.15) is 24.8 Å². The van der Waals surface area contributed by atoms with Crippen LogP contribution in [0.15, 0.2) is 30.3 Å². The lowest BCUT2D eigenvalue weighted by Gasteiger charge is -2.36. The first-order valence-electron chi connectivity index (χ1n) is 10.9. The largest absolute Gasteiger partial charge is 0.494 e. The summed E-state index contributed by atoms with van der Waals surface area (Å²) in [5.74, 6) is 0.855. The van der Waals surface area contributed by atoms with Gasteiger partial charge in [-0.3, -0.25) is 4.90 Å². The molecule has 0 aromatic heterocycles. The van der Waals surface area contributed by atoms with E-state index in [1.54, 1.807) is 0 Å². The van der Waals surface area contributed by atoms with Gasteiger partial charge in [-0.15, -0.1) is 0 Å². The second-order valence-electron chi connectivity index (χ2n) is 8.20. The van der Waals surface area contributed by atoms with Crippen molar-refractivity contribution in [1.29, 1.82) is 0 Å². The topological polar surface area (TPSA) is 74.0 Å². The molecule has 2 heterocycles. The number of anilines is 3. The van der Waals surface area contributed by atoms with Crippen molar-refractivity contribution in [1.82, 2.24) is 4.90 Å². The van der Waals surface area contributed by atoms with E-state index in [0.717, 1.165) is 75.5 Å².